The molecule has 1 aliphatic heterocycles. The van der Waals surface area contributed by atoms with Crippen LogP contribution in [-0.4, -0.2) is 10.8 Å². The van der Waals surface area contributed by atoms with E-state index in [1.54, 1.807) is 0 Å². The first-order valence-electron chi connectivity index (χ1n) is 3.66. The third kappa shape index (κ3) is 1.42. The fraction of sp³-hybridized carbons (Fsp3) is 0. The Balaban J connectivity index is 2.28. The van der Waals surface area contributed by atoms with Crippen molar-refractivity contribution in [2.45, 2.75) is 0 Å². The summed E-state index contributed by atoms with van der Waals surface area (Å²) < 4.78 is 4.88. The predicted molar refractivity (Wildman–Crippen MR) is 45.3 cm³/mol. The summed E-state index contributed by atoms with van der Waals surface area (Å²) in [6, 6.07) is 2.68. The van der Waals surface area contributed by atoms with Gasteiger partial charge in [0.2, 0.25) is 5.84 Å². The zero-order valence-corrected chi connectivity index (χ0v) is 6.84. The number of furan rings is 1. The topological polar surface area (TPSA) is 89.9 Å². The molecule has 2 rings (SSSR count). The smallest absolute Gasteiger partial charge is 0.397 e. The maximum absolute atomic E-state index is 10.3. The third-order valence-electron chi connectivity index (χ3n) is 1.49. The molecule has 0 amide bonds. The molecule has 1 aromatic heterocycles. The Labute approximate surface area is 77.8 Å². The molecule has 0 atom stereocenters. The molecular formula is C7H5N3O4. The molecule has 0 bridgehead atoms. The summed E-state index contributed by atoms with van der Waals surface area (Å²) in [5, 5.41) is 10.3. The largest absolute Gasteiger partial charge is 0.433 e. The second kappa shape index (κ2) is 3.21. The second-order valence-corrected chi connectivity index (χ2v) is 2.38. The zero-order valence-electron chi connectivity index (χ0n) is 6.84. The van der Waals surface area contributed by atoms with Gasteiger partial charge in [-0.2, -0.15) is 0 Å². The molecule has 0 saturated heterocycles. The molecule has 7 heteroatoms. The van der Waals surface area contributed by atoms with Gasteiger partial charge in [0.05, 0.1) is 12.3 Å². The number of hydrogen-bond acceptors (Lipinski definition) is 6. The van der Waals surface area contributed by atoms with Gasteiger partial charge in [-0.3, -0.25) is 10.1 Å². The van der Waals surface area contributed by atoms with E-state index in [0.717, 1.165) is 0 Å². The van der Waals surface area contributed by atoms with E-state index in [0.29, 0.717) is 5.84 Å². The zero-order chi connectivity index (χ0) is 9.97. The van der Waals surface area contributed by atoms with Crippen molar-refractivity contribution in [3.05, 3.63) is 40.5 Å². The van der Waals surface area contributed by atoms with Crippen LogP contribution >= 0.6 is 0 Å². The van der Waals surface area contributed by atoms with Crippen LogP contribution in [0, 0.1) is 10.1 Å². The molecule has 7 nitrogen and oxygen atoms in total. The fourth-order valence-corrected chi connectivity index (χ4v) is 0.919. The van der Waals surface area contributed by atoms with E-state index >= 15 is 0 Å². The van der Waals surface area contributed by atoms with Crippen molar-refractivity contribution in [2.75, 3.05) is 0 Å². The molecule has 2 heterocycles. The minimum absolute atomic E-state index is 0.251. The van der Waals surface area contributed by atoms with Crippen LogP contribution in [-0.2, 0) is 4.84 Å². The van der Waals surface area contributed by atoms with Gasteiger partial charge in [0.25, 0.3) is 0 Å². The number of nitrogens with one attached hydrogen (secondary N) is 1. The van der Waals surface area contributed by atoms with Crippen LogP contribution in [0.2, 0.25) is 0 Å². The minimum Gasteiger partial charge on any atom is -0.397 e. The molecule has 0 fully saturated rings. The standard InChI is InChI=1S/C7H5N3O4/c11-10(12)6-2-1-5(14-6)7-8-3-4-13-9-7/h1-4H,(H,8,9). The molecule has 0 radical (unpaired) electrons. The Kier molecular flexibility index (Phi) is 1.90. The highest BCUT2D eigenvalue weighted by Crippen LogP contribution is 2.16. The number of hydroxylamine groups is 1. The summed E-state index contributed by atoms with van der Waals surface area (Å²) in [6.45, 7) is 0. The summed E-state index contributed by atoms with van der Waals surface area (Å²) in [5.74, 6) is 0.209. The van der Waals surface area contributed by atoms with Crippen LogP contribution in [0.25, 0.3) is 0 Å². The molecule has 1 N–H and O–H groups in total. The first-order valence-corrected chi connectivity index (χ1v) is 3.66. The van der Waals surface area contributed by atoms with Crippen molar-refractivity contribution in [3.8, 4) is 0 Å². The van der Waals surface area contributed by atoms with Crippen LogP contribution in [0.15, 0.2) is 34.0 Å². The average Bonchev–Trinajstić information content (AvgIpc) is 2.68. The van der Waals surface area contributed by atoms with Gasteiger partial charge in [-0.05, 0) is 6.07 Å². The SMILES string of the molecule is O=[N+]([O-])c1ccc(C2=NC=CON2)o1. The molecule has 14 heavy (non-hydrogen) atoms. The summed E-state index contributed by atoms with van der Waals surface area (Å²) in [5.41, 5.74) is 2.43. The Morgan fingerprint density at radius 1 is 1.50 bits per heavy atom. The lowest BCUT2D eigenvalue weighted by Crippen LogP contribution is -2.23. The highest BCUT2D eigenvalue weighted by atomic mass is 16.7. The van der Waals surface area contributed by atoms with E-state index in [1.807, 2.05) is 0 Å². The number of nitrogens with zero attached hydrogens (tertiary/aromatic N) is 2. The van der Waals surface area contributed by atoms with Gasteiger partial charge in [-0.1, -0.05) is 0 Å². The second-order valence-electron chi connectivity index (χ2n) is 2.38. The third-order valence-corrected chi connectivity index (χ3v) is 1.49. The number of nitro groups is 1. The Bertz CT molecular complexity index is 420. The summed E-state index contributed by atoms with van der Waals surface area (Å²) >= 11 is 0. The van der Waals surface area contributed by atoms with Gasteiger partial charge >= 0.3 is 5.88 Å². The molecule has 0 saturated carbocycles. The first kappa shape index (κ1) is 8.30. The van der Waals surface area contributed by atoms with Crippen LogP contribution in [0.4, 0.5) is 5.88 Å². The summed E-state index contributed by atoms with van der Waals surface area (Å²) in [6.07, 6.45) is 2.74. The predicted octanol–water partition coefficient (Wildman–Crippen LogP) is 0.940. The van der Waals surface area contributed by atoms with E-state index in [4.69, 9.17) is 9.25 Å². The highest BCUT2D eigenvalue weighted by Gasteiger charge is 2.16. The van der Waals surface area contributed by atoms with Crippen LogP contribution < -0.4 is 5.48 Å². The van der Waals surface area contributed by atoms with E-state index in [1.165, 1.54) is 24.6 Å². The summed E-state index contributed by atoms with van der Waals surface area (Å²) in [4.78, 5) is 18.3. The maximum atomic E-state index is 10.3. The molecule has 0 spiro atoms. The number of hydrogen-bond donors (Lipinski definition) is 1. The Morgan fingerprint density at radius 3 is 2.93 bits per heavy atom. The molecule has 1 aliphatic rings. The molecule has 0 aliphatic carbocycles. The highest BCUT2D eigenvalue weighted by molar-refractivity contribution is 5.96. The van der Waals surface area contributed by atoms with Crippen molar-refractivity contribution in [1.82, 2.24) is 5.48 Å². The number of aliphatic imine (C=N–C) groups is 1. The van der Waals surface area contributed by atoms with E-state index in [-0.39, 0.29) is 11.6 Å². The van der Waals surface area contributed by atoms with Crippen molar-refractivity contribution in [3.63, 3.8) is 0 Å². The molecule has 0 unspecified atom stereocenters. The van der Waals surface area contributed by atoms with E-state index in [2.05, 4.69) is 10.5 Å². The molecular weight excluding hydrogens is 190 g/mol. The van der Waals surface area contributed by atoms with Crippen molar-refractivity contribution < 1.29 is 14.2 Å². The van der Waals surface area contributed by atoms with Gasteiger partial charge < -0.3 is 9.25 Å². The van der Waals surface area contributed by atoms with Gasteiger partial charge in [0, 0.05) is 0 Å². The molecule has 0 aromatic carbocycles. The summed E-state index contributed by atoms with van der Waals surface area (Å²) in [7, 11) is 0. The van der Waals surface area contributed by atoms with Gasteiger partial charge in [0.1, 0.15) is 11.2 Å². The van der Waals surface area contributed by atoms with Crippen molar-refractivity contribution in [2.24, 2.45) is 4.99 Å². The Hall–Kier alpha value is -2.31. The van der Waals surface area contributed by atoms with Crippen molar-refractivity contribution in [1.29, 1.82) is 0 Å². The van der Waals surface area contributed by atoms with Crippen LogP contribution in [0.1, 0.15) is 5.76 Å². The lowest BCUT2D eigenvalue weighted by atomic mass is 10.4. The maximum Gasteiger partial charge on any atom is 0.433 e. The van der Waals surface area contributed by atoms with E-state index in [9.17, 15) is 10.1 Å². The lowest BCUT2D eigenvalue weighted by molar-refractivity contribution is -0.402. The van der Waals surface area contributed by atoms with Gasteiger partial charge in [-0.25, -0.2) is 10.5 Å². The average molecular weight is 195 g/mol. The van der Waals surface area contributed by atoms with Crippen LogP contribution in [0.5, 0.6) is 0 Å². The minimum atomic E-state index is -0.621. The normalized spacial score (nSPS) is 14.1. The van der Waals surface area contributed by atoms with Gasteiger partial charge in [0.15, 0.2) is 5.76 Å². The first-order chi connectivity index (χ1) is 6.77. The monoisotopic (exact) mass is 195 g/mol. The van der Waals surface area contributed by atoms with Crippen LogP contribution in [0.3, 0.4) is 0 Å². The number of amidine groups is 1. The molecule has 1 aromatic rings. The van der Waals surface area contributed by atoms with E-state index < -0.39 is 4.92 Å². The quantitative estimate of drug-likeness (QED) is 0.560. The Morgan fingerprint density at radius 2 is 2.36 bits per heavy atom. The van der Waals surface area contributed by atoms with Crippen molar-refractivity contribution >= 4 is 11.7 Å². The number of rotatable bonds is 2. The lowest BCUT2D eigenvalue weighted by Gasteiger charge is -2.07. The molecule has 72 valence electrons. The van der Waals surface area contributed by atoms with Gasteiger partial charge in [-0.15, -0.1) is 0 Å². The fourth-order valence-electron chi connectivity index (χ4n) is 0.919.